The molecule has 9 nitrogen and oxygen atoms in total. The highest BCUT2D eigenvalue weighted by atomic mass is 16.2. The topological polar surface area (TPSA) is 114 Å². The first-order chi connectivity index (χ1) is 19.7. The van der Waals surface area contributed by atoms with Crippen LogP contribution in [0.1, 0.15) is 107 Å². The van der Waals surface area contributed by atoms with Crippen molar-refractivity contribution in [1.29, 1.82) is 0 Å². The van der Waals surface area contributed by atoms with E-state index in [1.165, 1.54) is 31.2 Å². The Hall–Kier alpha value is -3.20. The van der Waals surface area contributed by atoms with Crippen LogP contribution in [0.2, 0.25) is 0 Å². The second kappa shape index (κ2) is 11.6. The minimum atomic E-state index is 0.0737. The van der Waals surface area contributed by atoms with Crippen LogP contribution in [-0.4, -0.2) is 61.5 Å². The van der Waals surface area contributed by atoms with E-state index in [0.29, 0.717) is 24.1 Å². The molecule has 2 aromatic heterocycles. The number of benzene rings is 1. The molecule has 0 spiro atoms. The summed E-state index contributed by atoms with van der Waals surface area (Å²) in [7, 11) is 0. The van der Waals surface area contributed by atoms with E-state index in [-0.39, 0.29) is 17.4 Å². The molecule has 0 atom stereocenters. The van der Waals surface area contributed by atoms with Gasteiger partial charge in [0.25, 0.3) is 5.91 Å². The van der Waals surface area contributed by atoms with Crippen molar-refractivity contribution < 1.29 is 4.79 Å². The number of nitrogens with one attached hydrogen (secondary N) is 2. The number of anilines is 2. The Morgan fingerprint density at radius 3 is 2.20 bits per heavy atom. The number of hydrogen-bond donors (Lipinski definition) is 3. The van der Waals surface area contributed by atoms with Crippen LogP contribution in [0.4, 0.5) is 11.8 Å². The highest BCUT2D eigenvalue weighted by molar-refractivity contribution is 5.94. The van der Waals surface area contributed by atoms with Gasteiger partial charge in [0.1, 0.15) is 0 Å². The van der Waals surface area contributed by atoms with Crippen LogP contribution in [0.25, 0.3) is 11.2 Å². The number of likely N-dealkylation sites (tertiary alicyclic amines) is 1. The smallest absolute Gasteiger partial charge is 0.253 e. The fourth-order valence-electron chi connectivity index (χ4n) is 6.69. The standard InChI is InChI=1S/C32H46N8O/c1-32(2,3)22-10-8-21(9-11-22)30(41)39-18-16-25(17-19-39)35-28-27-29(40(20-34-27)26-6-4-5-7-26)38-31(37-28)36-24-14-12-23(33)13-15-24/h8-11,20,23-26H,4-7,12-19,33H2,1-3H3,(H2,35,36,37,38)/t23-,24-. The molecule has 6 rings (SSSR count). The van der Waals surface area contributed by atoms with Crippen LogP contribution in [0.15, 0.2) is 30.6 Å². The van der Waals surface area contributed by atoms with Crippen molar-refractivity contribution in [3.8, 4) is 0 Å². The lowest BCUT2D eigenvalue weighted by molar-refractivity contribution is 0.0718. The van der Waals surface area contributed by atoms with Gasteiger partial charge in [0.05, 0.1) is 6.33 Å². The second-order valence-electron chi connectivity index (χ2n) is 13.5. The summed E-state index contributed by atoms with van der Waals surface area (Å²) in [4.78, 5) is 30.0. The summed E-state index contributed by atoms with van der Waals surface area (Å²) in [5.41, 5.74) is 9.97. The average molecular weight is 559 g/mol. The van der Waals surface area contributed by atoms with Crippen molar-refractivity contribution in [2.45, 2.75) is 115 Å². The van der Waals surface area contributed by atoms with Gasteiger partial charge < -0.3 is 25.8 Å². The molecule has 41 heavy (non-hydrogen) atoms. The van der Waals surface area contributed by atoms with E-state index < -0.39 is 0 Å². The van der Waals surface area contributed by atoms with E-state index in [9.17, 15) is 4.79 Å². The molecule has 3 aromatic rings. The molecule has 9 heteroatoms. The summed E-state index contributed by atoms with van der Waals surface area (Å²) in [6, 6.07) is 9.43. The van der Waals surface area contributed by atoms with Gasteiger partial charge in [0.15, 0.2) is 17.0 Å². The summed E-state index contributed by atoms with van der Waals surface area (Å²) in [5.74, 6) is 1.58. The van der Waals surface area contributed by atoms with Gasteiger partial charge >= 0.3 is 0 Å². The molecular weight excluding hydrogens is 512 g/mol. The van der Waals surface area contributed by atoms with Gasteiger partial charge in [-0.2, -0.15) is 9.97 Å². The third-order valence-corrected chi connectivity index (χ3v) is 9.37. The molecule has 1 amide bonds. The molecule has 0 bridgehead atoms. The molecule has 3 heterocycles. The number of rotatable bonds is 6. The van der Waals surface area contributed by atoms with E-state index in [4.69, 9.17) is 20.7 Å². The van der Waals surface area contributed by atoms with Crippen molar-refractivity contribution in [2.24, 2.45) is 5.73 Å². The quantitative estimate of drug-likeness (QED) is 0.359. The number of hydrogen-bond acceptors (Lipinski definition) is 7. The lowest BCUT2D eigenvalue weighted by Gasteiger charge is -2.33. The Bertz CT molecular complexity index is 1340. The second-order valence-corrected chi connectivity index (χ2v) is 13.5. The Balaban J connectivity index is 1.16. The first kappa shape index (κ1) is 27.9. The number of carbonyl (C=O) groups is 1. The SMILES string of the molecule is CC(C)(C)c1ccc(C(=O)N2CCC(Nc3nc(N[C@H]4CC[C@H](N)CC4)nc4c3ncn4C3CCCC3)CC2)cc1. The molecule has 1 saturated heterocycles. The molecule has 3 aliphatic rings. The van der Waals surface area contributed by atoms with Crippen LogP contribution in [0.3, 0.4) is 0 Å². The zero-order chi connectivity index (χ0) is 28.6. The van der Waals surface area contributed by atoms with E-state index in [1.54, 1.807) is 0 Å². The Morgan fingerprint density at radius 2 is 1.54 bits per heavy atom. The maximum atomic E-state index is 13.2. The molecule has 4 N–H and O–H groups in total. The molecule has 2 saturated carbocycles. The molecular formula is C32H46N8O. The van der Waals surface area contributed by atoms with E-state index in [0.717, 1.165) is 74.2 Å². The average Bonchev–Trinajstić information content (AvgIpc) is 3.64. The van der Waals surface area contributed by atoms with Crippen molar-refractivity contribution in [2.75, 3.05) is 23.7 Å². The van der Waals surface area contributed by atoms with Gasteiger partial charge in [0, 0.05) is 42.8 Å². The molecule has 220 valence electrons. The lowest BCUT2D eigenvalue weighted by atomic mass is 9.86. The summed E-state index contributed by atoms with van der Waals surface area (Å²) >= 11 is 0. The monoisotopic (exact) mass is 558 g/mol. The number of piperidine rings is 1. The number of amides is 1. The van der Waals surface area contributed by atoms with E-state index in [1.807, 2.05) is 23.4 Å². The number of aromatic nitrogens is 4. The molecule has 1 aliphatic heterocycles. The zero-order valence-corrected chi connectivity index (χ0v) is 24.9. The largest absolute Gasteiger partial charge is 0.365 e. The van der Waals surface area contributed by atoms with Crippen LogP contribution < -0.4 is 16.4 Å². The third-order valence-electron chi connectivity index (χ3n) is 9.37. The van der Waals surface area contributed by atoms with Crippen molar-refractivity contribution in [3.63, 3.8) is 0 Å². The molecule has 0 unspecified atom stereocenters. The minimum Gasteiger partial charge on any atom is -0.365 e. The summed E-state index contributed by atoms with van der Waals surface area (Å²) in [6.45, 7) is 8.01. The van der Waals surface area contributed by atoms with Crippen molar-refractivity contribution >= 4 is 28.8 Å². The van der Waals surface area contributed by atoms with Gasteiger partial charge in [-0.05, 0) is 74.5 Å². The van der Waals surface area contributed by atoms with Gasteiger partial charge in [-0.15, -0.1) is 0 Å². The first-order valence-corrected chi connectivity index (χ1v) is 15.7. The normalized spacial score (nSPS) is 22.8. The maximum Gasteiger partial charge on any atom is 0.253 e. The van der Waals surface area contributed by atoms with E-state index >= 15 is 0 Å². The third kappa shape index (κ3) is 6.20. The molecule has 0 radical (unpaired) electrons. The zero-order valence-electron chi connectivity index (χ0n) is 24.9. The van der Waals surface area contributed by atoms with Crippen molar-refractivity contribution in [1.82, 2.24) is 24.4 Å². The predicted molar refractivity (Wildman–Crippen MR) is 164 cm³/mol. The lowest BCUT2D eigenvalue weighted by Crippen LogP contribution is -2.42. The highest BCUT2D eigenvalue weighted by Gasteiger charge is 2.27. The van der Waals surface area contributed by atoms with Gasteiger partial charge in [-0.25, -0.2) is 4.98 Å². The fourth-order valence-corrected chi connectivity index (χ4v) is 6.69. The maximum absolute atomic E-state index is 13.2. The molecule has 3 fully saturated rings. The van der Waals surface area contributed by atoms with Crippen LogP contribution in [0.5, 0.6) is 0 Å². The van der Waals surface area contributed by atoms with Gasteiger partial charge in [0.2, 0.25) is 5.95 Å². The molecule has 1 aromatic carbocycles. The Morgan fingerprint density at radius 1 is 0.878 bits per heavy atom. The van der Waals surface area contributed by atoms with Gasteiger partial charge in [-0.1, -0.05) is 45.7 Å². The van der Waals surface area contributed by atoms with Gasteiger partial charge in [-0.3, -0.25) is 4.79 Å². The first-order valence-electron chi connectivity index (χ1n) is 15.7. The number of carbonyl (C=O) groups excluding carboxylic acids is 1. The summed E-state index contributed by atoms with van der Waals surface area (Å²) in [6.07, 6.45) is 12.7. The molecule has 2 aliphatic carbocycles. The number of nitrogens with two attached hydrogens (primary N) is 1. The van der Waals surface area contributed by atoms with Crippen LogP contribution in [-0.2, 0) is 5.41 Å². The predicted octanol–water partition coefficient (Wildman–Crippen LogP) is 5.64. The summed E-state index contributed by atoms with van der Waals surface area (Å²) in [5, 5.41) is 7.33. The number of nitrogens with zero attached hydrogens (tertiary/aromatic N) is 5. The van der Waals surface area contributed by atoms with Crippen molar-refractivity contribution in [3.05, 3.63) is 41.7 Å². The van der Waals surface area contributed by atoms with Crippen LogP contribution >= 0.6 is 0 Å². The van der Waals surface area contributed by atoms with E-state index in [2.05, 4.69) is 48.1 Å². The minimum absolute atomic E-state index is 0.0737. The highest BCUT2D eigenvalue weighted by Crippen LogP contribution is 2.34. The number of fused-ring (bicyclic) bond motifs is 1. The Labute approximate surface area is 243 Å². The Kier molecular flexibility index (Phi) is 7.90. The van der Waals surface area contributed by atoms with Crippen LogP contribution in [0, 0.1) is 0 Å². The number of imidazole rings is 1. The summed E-state index contributed by atoms with van der Waals surface area (Å²) < 4.78 is 2.27. The fraction of sp³-hybridized carbons (Fsp3) is 0.625.